The maximum absolute atomic E-state index is 13.3. The third kappa shape index (κ3) is 4.75. The number of alkyl halides is 3. The second-order valence-corrected chi connectivity index (χ2v) is 10.1. The highest BCUT2D eigenvalue weighted by molar-refractivity contribution is 7.89. The van der Waals surface area contributed by atoms with Gasteiger partial charge in [0.05, 0.1) is 22.2 Å². The van der Waals surface area contributed by atoms with Crippen LogP contribution in [0.1, 0.15) is 51.5 Å². The topological polar surface area (TPSA) is 90.6 Å². The number of piperazine rings is 1. The van der Waals surface area contributed by atoms with Crippen molar-refractivity contribution in [3.63, 3.8) is 0 Å². The van der Waals surface area contributed by atoms with Crippen molar-refractivity contribution in [1.29, 1.82) is 0 Å². The van der Waals surface area contributed by atoms with E-state index in [1.807, 2.05) is 0 Å². The number of Topliss-reactive ketones (excluding diaryl/α,β-unsaturated/α-hetero) is 2. The molecule has 0 radical (unpaired) electrons. The summed E-state index contributed by atoms with van der Waals surface area (Å²) in [5.74, 6) is -0.382. The molecular weight excluding hydrogens is 459 g/mol. The van der Waals surface area contributed by atoms with Crippen molar-refractivity contribution in [3.05, 3.63) is 52.3 Å². The lowest BCUT2D eigenvalue weighted by Gasteiger charge is -2.37. The van der Waals surface area contributed by atoms with Crippen LogP contribution < -0.4 is 0 Å². The number of H-pyrrole nitrogens is 1. The summed E-state index contributed by atoms with van der Waals surface area (Å²) in [4.78, 5) is 28.9. The highest BCUT2D eigenvalue weighted by Gasteiger charge is 2.40. The zero-order valence-corrected chi connectivity index (χ0v) is 19.6. The molecule has 1 N–H and O–H groups in total. The first-order valence-electron chi connectivity index (χ1n) is 10.4. The van der Waals surface area contributed by atoms with Gasteiger partial charge in [-0.05, 0) is 45.4 Å². The molecule has 0 unspecified atom stereocenters. The standard InChI is InChI=1S/C22H26F3N3O4S/c1-13-19(16(4)29)14(2)26-20(13)21(30)15(3)27-9-11-28(12-10-27)33(31,32)18-8-6-5-7-17(18)22(23,24)25/h5-8,15,26H,9-12H2,1-4H3/t15-/m0/s1. The Bertz CT molecular complexity index is 1180. The van der Waals surface area contributed by atoms with Gasteiger partial charge in [0.25, 0.3) is 0 Å². The van der Waals surface area contributed by atoms with Crippen LogP contribution in [0.2, 0.25) is 0 Å². The smallest absolute Gasteiger partial charge is 0.355 e. The number of carbonyl (C=O) groups excluding carboxylic acids is 2. The first-order valence-corrected chi connectivity index (χ1v) is 11.9. The summed E-state index contributed by atoms with van der Waals surface area (Å²) in [5.41, 5.74) is 0.788. The average Bonchev–Trinajstić information content (AvgIpc) is 3.06. The monoisotopic (exact) mass is 485 g/mol. The van der Waals surface area contributed by atoms with Gasteiger partial charge in [-0.3, -0.25) is 14.5 Å². The Balaban J connectivity index is 1.76. The first-order chi connectivity index (χ1) is 15.3. The third-order valence-corrected chi connectivity index (χ3v) is 8.00. The number of sulfonamides is 1. The number of hydrogen-bond acceptors (Lipinski definition) is 5. The number of benzene rings is 1. The third-order valence-electron chi connectivity index (χ3n) is 6.05. The van der Waals surface area contributed by atoms with Gasteiger partial charge in [0.1, 0.15) is 0 Å². The molecule has 3 rings (SSSR count). The maximum Gasteiger partial charge on any atom is 0.417 e. The zero-order chi connectivity index (χ0) is 24.7. The predicted octanol–water partition coefficient (Wildman–Crippen LogP) is 3.43. The van der Waals surface area contributed by atoms with E-state index in [1.165, 1.54) is 13.0 Å². The molecule has 1 aliphatic heterocycles. The summed E-state index contributed by atoms with van der Waals surface area (Å²) < 4.78 is 66.9. The number of aromatic amines is 1. The van der Waals surface area contributed by atoms with Crippen LogP contribution in [0.25, 0.3) is 0 Å². The van der Waals surface area contributed by atoms with E-state index in [0.29, 0.717) is 22.5 Å². The number of nitrogens with zero attached hydrogens (tertiary/aromatic N) is 2. The SMILES string of the molecule is CC(=O)c1c(C)[nH]c(C(=O)[C@H](C)N2CCN(S(=O)(=O)c3ccccc3C(F)(F)F)CC2)c1C. The molecular formula is C22H26F3N3O4S. The van der Waals surface area contributed by atoms with Crippen molar-refractivity contribution in [3.8, 4) is 0 Å². The van der Waals surface area contributed by atoms with Gasteiger partial charge in [-0.15, -0.1) is 0 Å². The van der Waals surface area contributed by atoms with Gasteiger partial charge >= 0.3 is 6.18 Å². The Hall–Kier alpha value is -2.50. The molecule has 1 aromatic carbocycles. The second kappa shape index (κ2) is 9.03. The summed E-state index contributed by atoms with van der Waals surface area (Å²) >= 11 is 0. The van der Waals surface area contributed by atoms with E-state index in [1.54, 1.807) is 25.7 Å². The fourth-order valence-electron chi connectivity index (χ4n) is 4.30. The van der Waals surface area contributed by atoms with Crippen LogP contribution in [0.4, 0.5) is 13.2 Å². The Kier molecular flexibility index (Phi) is 6.88. The Morgan fingerprint density at radius 2 is 1.64 bits per heavy atom. The lowest BCUT2D eigenvalue weighted by atomic mass is 10.0. The van der Waals surface area contributed by atoms with Crippen molar-refractivity contribution in [2.45, 2.75) is 44.8 Å². The molecule has 1 aromatic heterocycles. The number of aromatic nitrogens is 1. The predicted molar refractivity (Wildman–Crippen MR) is 116 cm³/mol. The fraction of sp³-hybridized carbons (Fsp3) is 0.455. The van der Waals surface area contributed by atoms with Gasteiger partial charge in [-0.2, -0.15) is 17.5 Å². The molecule has 1 atom stereocenters. The Morgan fingerprint density at radius 1 is 1.06 bits per heavy atom. The van der Waals surface area contributed by atoms with E-state index in [-0.39, 0.29) is 37.7 Å². The van der Waals surface area contributed by atoms with E-state index >= 15 is 0 Å². The molecule has 2 heterocycles. The normalized spacial score (nSPS) is 17.2. The molecule has 0 spiro atoms. The van der Waals surface area contributed by atoms with Crippen LogP contribution in [-0.2, 0) is 16.2 Å². The van der Waals surface area contributed by atoms with E-state index in [2.05, 4.69) is 4.98 Å². The second-order valence-electron chi connectivity index (χ2n) is 8.16. The van der Waals surface area contributed by atoms with Crippen molar-refractivity contribution in [2.75, 3.05) is 26.2 Å². The molecule has 0 aliphatic carbocycles. The summed E-state index contributed by atoms with van der Waals surface area (Å²) in [6.07, 6.45) is -4.79. The molecule has 1 fully saturated rings. The average molecular weight is 486 g/mol. The van der Waals surface area contributed by atoms with Gasteiger partial charge in [0.15, 0.2) is 11.6 Å². The van der Waals surface area contributed by atoms with Gasteiger partial charge in [0.2, 0.25) is 10.0 Å². The largest absolute Gasteiger partial charge is 0.417 e. The minimum Gasteiger partial charge on any atom is -0.355 e. The van der Waals surface area contributed by atoms with Crippen LogP contribution in [0.15, 0.2) is 29.2 Å². The Morgan fingerprint density at radius 3 is 2.15 bits per heavy atom. The highest BCUT2D eigenvalue weighted by Crippen LogP contribution is 2.35. The molecule has 7 nitrogen and oxygen atoms in total. The van der Waals surface area contributed by atoms with Crippen molar-refractivity contribution in [2.24, 2.45) is 0 Å². The lowest BCUT2D eigenvalue weighted by Crippen LogP contribution is -2.53. The molecule has 0 amide bonds. The van der Waals surface area contributed by atoms with Gasteiger partial charge in [-0.1, -0.05) is 12.1 Å². The number of carbonyl (C=O) groups is 2. The molecule has 1 saturated heterocycles. The van der Waals surface area contributed by atoms with Crippen LogP contribution in [-0.4, -0.2) is 66.4 Å². The summed E-state index contributed by atoms with van der Waals surface area (Å²) in [6.45, 7) is 6.79. The molecule has 11 heteroatoms. The summed E-state index contributed by atoms with van der Waals surface area (Å²) in [7, 11) is -4.36. The quantitative estimate of drug-likeness (QED) is 0.633. The fourth-order valence-corrected chi connectivity index (χ4v) is 5.93. The van der Waals surface area contributed by atoms with Crippen LogP contribution in [0.3, 0.4) is 0 Å². The summed E-state index contributed by atoms with van der Waals surface area (Å²) in [6, 6.07) is 3.51. The van der Waals surface area contributed by atoms with Crippen LogP contribution in [0, 0.1) is 13.8 Å². The summed E-state index contributed by atoms with van der Waals surface area (Å²) in [5, 5.41) is 0. The molecule has 33 heavy (non-hydrogen) atoms. The number of hydrogen-bond donors (Lipinski definition) is 1. The van der Waals surface area contributed by atoms with E-state index in [9.17, 15) is 31.2 Å². The minimum atomic E-state index is -4.79. The van der Waals surface area contributed by atoms with Gasteiger partial charge in [-0.25, -0.2) is 8.42 Å². The van der Waals surface area contributed by atoms with E-state index < -0.39 is 32.7 Å². The molecule has 1 aliphatic rings. The number of rotatable bonds is 6. The molecule has 0 bridgehead atoms. The molecule has 2 aromatic rings. The lowest BCUT2D eigenvalue weighted by molar-refractivity contribution is -0.139. The zero-order valence-electron chi connectivity index (χ0n) is 18.8. The van der Waals surface area contributed by atoms with E-state index in [4.69, 9.17) is 0 Å². The van der Waals surface area contributed by atoms with Crippen molar-refractivity contribution in [1.82, 2.24) is 14.2 Å². The minimum absolute atomic E-state index is 0.0480. The van der Waals surface area contributed by atoms with Gasteiger partial charge in [0, 0.05) is 37.4 Å². The number of aryl methyl sites for hydroxylation is 1. The van der Waals surface area contributed by atoms with Crippen LogP contribution >= 0.6 is 0 Å². The molecule has 180 valence electrons. The molecule has 0 saturated carbocycles. The maximum atomic E-state index is 13.3. The van der Waals surface area contributed by atoms with E-state index in [0.717, 1.165) is 22.5 Å². The van der Waals surface area contributed by atoms with Crippen molar-refractivity contribution < 1.29 is 31.2 Å². The number of halogens is 3. The number of ketones is 2. The van der Waals surface area contributed by atoms with Crippen LogP contribution in [0.5, 0.6) is 0 Å². The van der Waals surface area contributed by atoms with Crippen molar-refractivity contribution >= 4 is 21.6 Å². The Labute approximate surface area is 190 Å². The highest BCUT2D eigenvalue weighted by atomic mass is 32.2. The van der Waals surface area contributed by atoms with Gasteiger partial charge < -0.3 is 4.98 Å². The number of nitrogens with one attached hydrogen (secondary N) is 1. The first kappa shape index (κ1) is 25.1.